The largest absolute Gasteiger partial charge is 0.494 e. The van der Waals surface area contributed by atoms with E-state index in [-0.39, 0.29) is 18.2 Å². The Morgan fingerprint density at radius 1 is 1.19 bits per heavy atom. The number of aromatic nitrogens is 1. The minimum absolute atomic E-state index is 0. The standard InChI is InChI=1S/C22H25FN2O.ClH/c1-15-6-11-20-19(14-15)18-4-2-5-21(22(18)25-20)24-12-3-13-26-17-9-7-16(23)8-10-17;/h6-11,14,21,24-25H,2-5,12-13H2,1H3;1H. The third kappa shape index (κ3) is 4.45. The van der Waals surface area contributed by atoms with Gasteiger partial charge in [0, 0.05) is 22.6 Å². The first kappa shape index (κ1) is 19.7. The number of hydrogen-bond acceptors (Lipinski definition) is 2. The van der Waals surface area contributed by atoms with Gasteiger partial charge in [0.2, 0.25) is 0 Å². The van der Waals surface area contributed by atoms with Gasteiger partial charge in [-0.15, -0.1) is 12.4 Å². The topological polar surface area (TPSA) is 37.0 Å². The van der Waals surface area contributed by atoms with Gasteiger partial charge >= 0.3 is 0 Å². The van der Waals surface area contributed by atoms with Crippen molar-refractivity contribution >= 4 is 23.3 Å². The van der Waals surface area contributed by atoms with Crippen molar-refractivity contribution < 1.29 is 9.13 Å². The Kier molecular flexibility index (Phi) is 6.40. The maximum absolute atomic E-state index is 12.9. The second-order valence-corrected chi connectivity index (χ2v) is 7.12. The number of hydrogen-bond donors (Lipinski definition) is 2. The first-order valence-electron chi connectivity index (χ1n) is 9.43. The molecule has 1 heterocycles. The number of fused-ring (bicyclic) bond motifs is 3. The van der Waals surface area contributed by atoms with Gasteiger partial charge in [-0.3, -0.25) is 0 Å². The molecule has 0 fully saturated rings. The Morgan fingerprint density at radius 3 is 2.81 bits per heavy atom. The number of rotatable bonds is 6. The summed E-state index contributed by atoms with van der Waals surface area (Å²) in [4.78, 5) is 3.64. The minimum Gasteiger partial charge on any atom is -0.494 e. The predicted octanol–water partition coefficient (Wildman–Crippen LogP) is 5.47. The molecule has 0 amide bonds. The van der Waals surface area contributed by atoms with Crippen LogP contribution < -0.4 is 10.1 Å². The fraction of sp³-hybridized carbons (Fsp3) is 0.364. The number of ether oxygens (including phenoxy) is 1. The van der Waals surface area contributed by atoms with E-state index >= 15 is 0 Å². The molecule has 0 bridgehead atoms. The van der Waals surface area contributed by atoms with E-state index in [0.717, 1.165) is 31.6 Å². The molecular formula is C22H26ClFN2O. The van der Waals surface area contributed by atoms with E-state index in [1.165, 1.54) is 46.3 Å². The van der Waals surface area contributed by atoms with Crippen LogP contribution in [-0.4, -0.2) is 18.1 Å². The van der Waals surface area contributed by atoms with E-state index in [9.17, 15) is 4.39 Å². The van der Waals surface area contributed by atoms with E-state index in [4.69, 9.17) is 4.74 Å². The molecule has 144 valence electrons. The number of nitrogens with one attached hydrogen (secondary N) is 2. The van der Waals surface area contributed by atoms with Gasteiger partial charge in [-0.2, -0.15) is 0 Å². The zero-order valence-corrected chi connectivity index (χ0v) is 16.4. The molecule has 0 radical (unpaired) electrons. The van der Waals surface area contributed by atoms with Crippen LogP contribution in [0.3, 0.4) is 0 Å². The Balaban J connectivity index is 0.00000210. The smallest absolute Gasteiger partial charge is 0.123 e. The summed E-state index contributed by atoms with van der Waals surface area (Å²) < 4.78 is 18.6. The summed E-state index contributed by atoms with van der Waals surface area (Å²) in [5, 5.41) is 5.06. The monoisotopic (exact) mass is 388 g/mol. The van der Waals surface area contributed by atoms with Crippen LogP contribution in [0.2, 0.25) is 0 Å². The fourth-order valence-corrected chi connectivity index (χ4v) is 3.85. The lowest BCUT2D eigenvalue weighted by atomic mass is 9.91. The molecule has 1 aliphatic carbocycles. The summed E-state index contributed by atoms with van der Waals surface area (Å²) in [5.74, 6) is 0.484. The Hall–Kier alpha value is -2.04. The summed E-state index contributed by atoms with van der Waals surface area (Å²) in [5.41, 5.74) is 5.40. The van der Waals surface area contributed by atoms with Crippen LogP contribution >= 0.6 is 12.4 Å². The molecule has 1 aliphatic rings. The van der Waals surface area contributed by atoms with Gasteiger partial charge in [-0.05, 0) is 81.1 Å². The average molecular weight is 389 g/mol. The lowest BCUT2D eigenvalue weighted by Crippen LogP contribution is -2.27. The molecular weight excluding hydrogens is 363 g/mol. The molecule has 1 aromatic heterocycles. The van der Waals surface area contributed by atoms with Crippen molar-refractivity contribution in [3.8, 4) is 5.75 Å². The summed E-state index contributed by atoms with van der Waals surface area (Å²) >= 11 is 0. The van der Waals surface area contributed by atoms with Gasteiger partial charge in [0.1, 0.15) is 11.6 Å². The summed E-state index contributed by atoms with van der Waals surface area (Å²) in [6.45, 7) is 3.68. The summed E-state index contributed by atoms with van der Waals surface area (Å²) in [6.07, 6.45) is 4.46. The maximum Gasteiger partial charge on any atom is 0.123 e. The third-order valence-corrected chi connectivity index (χ3v) is 5.16. The van der Waals surface area contributed by atoms with Crippen molar-refractivity contribution in [1.29, 1.82) is 0 Å². The van der Waals surface area contributed by atoms with Gasteiger partial charge in [-0.25, -0.2) is 4.39 Å². The highest BCUT2D eigenvalue weighted by atomic mass is 35.5. The van der Waals surface area contributed by atoms with Crippen LogP contribution in [0.15, 0.2) is 42.5 Å². The molecule has 3 aromatic rings. The van der Waals surface area contributed by atoms with E-state index < -0.39 is 0 Å². The molecule has 0 saturated carbocycles. The van der Waals surface area contributed by atoms with E-state index in [1.807, 2.05) is 0 Å². The van der Waals surface area contributed by atoms with Gasteiger partial charge in [0.05, 0.1) is 6.61 Å². The average Bonchev–Trinajstić information content (AvgIpc) is 3.02. The van der Waals surface area contributed by atoms with Crippen molar-refractivity contribution in [2.45, 2.75) is 38.6 Å². The van der Waals surface area contributed by atoms with Crippen LogP contribution in [0, 0.1) is 12.7 Å². The number of benzene rings is 2. The Labute approximate surface area is 165 Å². The number of aromatic amines is 1. The molecule has 0 saturated heterocycles. The Morgan fingerprint density at radius 2 is 2.00 bits per heavy atom. The number of aryl methyl sites for hydroxylation is 2. The highest BCUT2D eigenvalue weighted by molar-refractivity contribution is 5.86. The fourth-order valence-electron chi connectivity index (χ4n) is 3.85. The lowest BCUT2D eigenvalue weighted by Gasteiger charge is -2.24. The molecule has 4 rings (SSSR count). The molecule has 2 N–H and O–H groups in total. The van der Waals surface area contributed by atoms with Crippen molar-refractivity contribution in [3.63, 3.8) is 0 Å². The second kappa shape index (κ2) is 8.77. The highest BCUT2D eigenvalue weighted by Gasteiger charge is 2.23. The number of halogens is 2. The van der Waals surface area contributed by atoms with E-state index in [0.29, 0.717) is 12.6 Å². The summed E-state index contributed by atoms with van der Waals surface area (Å²) in [7, 11) is 0. The maximum atomic E-state index is 12.9. The van der Waals surface area contributed by atoms with E-state index in [1.54, 1.807) is 12.1 Å². The van der Waals surface area contributed by atoms with Crippen LogP contribution in [0.25, 0.3) is 10.9 Å². The van der Waals surface area contributed by atoms with Crippen molar-refractivity contribution in [3.05, 3.63) is 65.1 Å². The molecule has 2 aromatic carbocycles. The first-order valence-corrected chi connectivity index (χ1v) is 9.43. The predicted molar refractivity (Wildman–Crippen MR) is 110 cm³/mol. The zero-order valence-electron chi connectivity index (χ0n) is 15.6. The van der Waals surface area contributed by atoms with Crippen LogP contribution in [0.5, 0.6) is 5.75 Å². The number of H-pyrrole nitrogens is 1. The van der Waals surface area contributed by atoms with Crippen molar-refractivity contribution in [2.75, 3.05) is 13.2 Å². The van der Waals surface area contributed by atoms with Crippen LogP contribution in [0.1, 0.15) is 42.1 Å². The van der Waals surface area contributed by atoms with Crippen LogP contribution in [0.4, 0.5) is 4.39 Å². The second-order valence-electron chi connectivity index (χ2n) is 7.12. The van der Waals surface area contributed by atoms with Crippen LogP contribution in [-0.2, 0) is 6.42 Å². The quantitative estimate of drug-likeness (QED) is 0.549. The zero-order chi connectivity index (χ0) is 17.9. The van der Waals surface area contributed by atoms with Crippen molar-refractivity contribution in [2.24, 2.45) is 0 Å². The molecule has 27 heavy (non-hydrogen) atoms. The molecule has 0 spiro atoms. The third-order valence-electron chi connectivity index (χ3n) is 5.16. The van der Waals surface area contributed by atoms with Crippen molar-refractivity contribution in [1.82, 2.24) is 10.3 Å². The SMILES string of the molecule is Cc1ccc2[nH]c3c(c2c1)CCCC3NCCCOc1ccc(F)cc1.Cl. The molecule has 1 atom stereocenters. The lowest BCUT2D eigenvalue weighted by molar-refractivity contribution is 0.302. The molecule has 0 aliphatic heterocycles. The van der Waals surface area contributed by atoms with Gasteiger partial charge in [0.15, 0.2) is 0 Å². The van der Waals surface area contributed by atoms with E-state index in [2.05, 4.69) is 35.4 Å². The summed E-state index contributed by atoms with van der Waals surface area (Å²) in [6, 6.07) is 13.2. The first-order chi connectivity index (χ1) is 12.7. The molecule has 1 unspecified atom stereocenters. The normalized spacial score (nSPS) is 16.0. The molecule has 3 nitrogen and oxygen atoms in total. The highest BCUT2D eigenvalue weighted by Crippen LogP contribution is 2.35. The van der Waals surface area contributed by atoms with Gasteiger partial charge < -0.3 is 15.0 Å². The Bertz CT molecular complexity index is 891. The minimum atomic E-state index is -0.236. The molecule has 5 heteroatoms. The van der Waals surface area contributed by atoms with Gasteiger partial charge in [-0.1, -0.05) is 11.6 Å². The van der Waals surface area contributed by atoms with Gasteiger partial charge in [0.25, 0.3) is 0 Å².